The molecular formula is C15H15NO4. The smallest absolute Gasteiger partial charge is 0.347 e. The Morgan fingerprint density at radius 2 is 2.00 bits per heavy atom. The van der Waals surface area contributed by atoms with E-state index < -0.39 is 5.97 Å². The van der Waals surface area contributed by atoms with E-state index in [0.717, 1.165) is 0 Å². The number of carbonyl (C=O) groups excluding carboxylic acids is 1. The molecule has 0 radical (unpaired) electrons. The first-order valence-electron chi connectivity index (χ1n) is 6.22. The SMILES string of the molecule is CCc1nc(C)cc(OC(=O)c2ccccc2O)c1O. The summed E-state index contributed by atoms with van der Waals surface area (Å²) in [5, 5.41) is 19.6. The Morgan fingerprint density at radius 1 is 1.30 bits per heavy atom. The van der Waals surface area contributed by atoms with E-state index in [1.165, 1.54) is 18.2 Å². The quantitative estimate of drug-likeness (QED) is 0.840. The molecule has 0 aliphatic rings. The summed E-state index contributed by atoms with van der Waals surface area (Å²) in [6.07, 6.45) is 0.522. The number of esters is 1. The fraction of sp³-hybridized carbons (Fsp3) is 0.200. The Hall–Kier alpha value is -2.56. The first-order valence-corrected chi connectivity index (χ1v) is 6.22. The number of benzene rings is 1. The zero-order valence-electron chi connectivity index (χ0n) is 11.3. The highest BCUT2D eigenvalue weighted by atomic mass is 16.5. The molecule has 0 unspecified atom stereocenters. The van der Waals surface area contributed by atoms with E-state index in [9.17, 15) is 15.0 Å². The van der Waals surface area contributed by atoms with Crippen LogP contribution in [0.15, 0.2) is 30.3 Å². The van der Waals surface area contributed by atoms with Crippen molar-refractivity contribution >= 4 is 5.97 Å². The maximum absolute atomic E-state index is 12.0. The predicted molar refractivity (Wildman–Crippen MR) is 73.1 cm³/mol. The first kappa shape index (κ1) is 13.9. The Labute approximate surface area is 116 Å². The van der Waals surface area contributed by atoms with Gasteiger partial charge in [0.25, 0.3) is 0 Å². The molecular weight excluding hydrogens is 258 g/mol. The molecule has 2 N–H and O–H groups in total. The molecule has 1 aromatic carbocycles. The molecule has 0 saturated carbocycles. The summed E-state index contributed by atoms with van der Waals surface area (Å²) in [5.74, 6) is -1.01. The summed E-state index contributed by atoms with van der Waals surface area (Å²) in [4.78, 5) is 16.1. The van der Waals surface area contributed by atoms with Crippen molar-refractivity contribution in [3.8, 4) is 17.2 Å². The lowest BCUT2D eigenvalue weighted by Gasteiger charge is -2.10. The third kappa shape index (κ3) is 2.71. The molecule has 0 amide bonds. The monoisotopic (exact) mass is 273 g/mol. The van der Waals surface area contributed by atoms with Crippen molar-refractivity contribution in [3.63, 3.8) is 0 Å². The van der Waals surface area contributed by atoms with E-state index in [0.29, 0.717) is 17.8 Å². The van der Waals surface area contributed by atoms with Gasteiger partial charge in [-0.15, -0.1) is 0 Å². The minimum atomic E-state index is -0.731. The Morgan fingerprint density at radius 3 is 2.65 bits per heavy atom. The number of hydrogen-bond donors (Lipinski definition) is 2. The Bertz CT molecular complexity index is 652. The summed E-state index contributed by atoms with van der Waals surface area (Å²) >= 11 is 0. The molecule has 2 aromatic rings. The van der Waals surface area contributed by atoms with Crippen LogP contribution in [-0.4, -0.2) is 21.2 Å². The van der Waals surface area contributed by atoms with Crippen LogP contribution in [0.4, 0.5) is 0 Å². The van der Waals surface area contributed by atoms with E-state index >= 15 is 0 Å². The van der Waals surface area contributed by atoms with Gasteiger partial charge in [0.2, 0.25) is 0 Å². The molecule has 2 rings (SSSR count). The van der Waals surface area contributed by atoms with Crippen LogP contribution in [0.25, 0.3) is 0 Å². The zero-order chi connectivity index (χ0) is 14.7. The topological polar surface area (TPSA) is 79.7 Å². The van der Waals surface area contributed by atoms with E-state index in [1.54, 1.807) is 19.1 Å². The number of aryl methyl sites for hydroxylation is 2. The summed E-state index contributed by atoms with van der Waals surface area (Å²) in [5.41, 5.74) is 1.14. The van der Waals surface area contributed by atoms with Gasteiger partial charge in [-0.25, -0.2) is 4.79 Å². The summed E-state index contributed by atoms with van der Waals surface area (Å²) in [6.45, 7) is 3.59. The zero-order valence-corrected chi connectivity index (χ0v) is 11.3. The predicted octanol–water partition coefficient (Wildman–Crippen LogP) is 2.58. The molecule has 0 spiro atoms. The summed E-state index contributed by atoms with van der Waals surface area (Å²) in [6, 6.07) is 7.54. The van der Waals surface area contributed by atoms with E-state index in [2.05, 4.69) is 4.98 Å². The molecule has 104 valence electrons. The second-order valence-electron chi connectivity index (χ2n) is 4.32. The Balaban J connectivity index is 2.33. The Kier molecular flexibility index (Phi) is 3.89. The highest BCUT2D eigenvalue weighted by Crippen LogP contribution is 2.31. The van der Waals surface area contributed by atoms with Crippen LogP contribution in [-0.2, 0) is 6.42 Å². The van der Waals surface area contributed by atoms with Crippen molar-refractivity contribution in [2.24, 2.45) is 0 Å². The maximum atomic E-state index is 12.0. The van der Waals surface area contributed by atoms with Crippen molar-refractivity contribution in [2.45, 2.75) is 20.3 Å². The van der Waals surface area contributed by atoms with Crippen LogP contribution in [0.5, 0.6) is 17.2 Å². The average molecular weight is 273 g/mol. The first-order chi connectivity index (χ1) is 9.52. The molecule has 0 atom stereocenters. The van der Waals surface area contributed by atoms with E-state index in [4.69, 9.17) is 4.74 Å². The van der Waals surface area contributed by atoms with Gasteiger partial charge in [-0.1, -0.05) is 19.1 Å². The van der Waals surface area contributed by atoms with Crippen molar-refractivity contribution in [2.75, 3.05) is 0 Å². The molecule has 0 bridgehead atoms. The van der Waals surface area contributed by atoms with Crippen LogP contribution in [0.1, 0.15) is 28.7 Å². The van der Waals surface area contributed by atoms with Crippen molar-refractivity contribution in [1.82, 2.24) is 4.98 Å². The fourth-order valence-electron chi connectivity index (χ4n) is 1.82. The van der Waals surface area contributed by atoms with Gasteiger partial charge in [0, 0.05) is 11.8 Å². The molecule has 0 aliphatic heterocycles. The highest BCUT2D eigenvalue weighted by molar-refractivity contribution is 5.94. The van der Waals surface area contributed by atoms with Crippen molar-refractivity contribution in [1.29, 1.82) is 0 Å². The van der Waals surface area contributed by atoms with Gasteiger partial charge in [0.15, 0.2) is 11.5 Å². The molecule has 20 heavy (non-hydrogen) atoms. The second kappa shape index (κ2) is 5.61. The van der Waals surface area contributed by atoms with E-state index in [-0.39, 0.29) is 22.8 Å². The average Bonchev–Trinajstić information content (AvgIpc) is 2.42. The minimum Gasteiger partial charge on any atom is -0.507 e. The summed E-state index contributed by atoms with van der Waals surface area (Å²) < 4.78 is 5.15. The number of aromatic hydroxyl groups is 2. The molecule has 0 aliphatic carbocycles. The number of pyridine rings is 1. The van der Waals surface area contributed by atoms with Gasteiger partial charge >= 0.3 is 5.97 Å². The second-order valence-corrected chi connectivity index (χ2v) is 4.32. The van der Waals surface area contributed by atoms with Gasteiger partial charge in [-0.3, -0.25) is 4.98 Å². The van der Waals surface area contributed by atoms with Gasteiger partial charge in [-0.05, 0) is 25.5 Å². The number of hydrogen-bond acceptors (Lipinski definition) is 5. The van der Waals surface area contributed by atoms with Crippen LogP contribution in [0.2, 0.25) is 0 Å². The van der Waals surface area contributed by atoms with E-state index in [1.807, 2.05) is 6.92 Å². The lowest BCUT2D eigenvalue weighted by Crippen LogP contribution is -2.09. The number of phenolic OH excluding ortho intramolecular Hbond substituents is 1. The number of para-hydroxylation sites is 1. The van der Waals surface area contributed by atoms with Crippen molar-refractivity contribution in [3.05, 3.63) is 47.3 Å². The number of ether oxygens (including phenoxy) is 1. The number of aromatic nitrogens is 1. The summed E-state index contributed by atoms with van der Waals surface area (Å²) in [7, 11) is 0. The molecule has 5 nitrogen and oxygen atoms in total. The standard InChI is InChI=1S/C15H15NO4/c1-3-11-14(18)13(8-9(2)16-11)20-15(19)10-6-4-5-7-12(10)17/h4-8,17-18H,3H2,1-2H3. The third-order valence-corrected chi connectivity index (χ3v) is 2.82. The normalized spacial score (nSPS) is 10.3. The van der Waals surface area contributed by atoms with Crippen molar-refractivity contribution < 1.29 is 19.7 Å². The lowest BCUT2D eigenvalue weighted by atomic mass is 10.2. The van der Waals surface area contributed by atoms with Gasteiger partial charge in [0.1, 0.15) is 11.3 Å². The highest BCUT2D eigenvalue weighted by Gasteiger charge is 2.17. The lowest BCUT2D eigenvalue weighted by molar-refractivity contribution is 0.0726. The number of phenols is 1. The maximum Gasteiger partial charge on any atom is 0.347 e. The molecule has 0 saturated heterocycles. The number of carbonyl (C=O) groups is 1. The van der Waals surface area contributed by atoms with Crippen LogP contribution < -0.4 is 4.74 Å². The largest absolute Gasteiger partial charge is 0.507 e. The number of rotatable bonds is 3. The third-order valence-electron chi connectivity index (χ3n) is 2.82. The molecule has 1 heterocycles. The molecule has 1 aromatic heterocycles. The van der Waals surface area contributed by atoms with Crippen LogP contribution in [0.3, 0.4) is 0 Å². The molecule has 0 fully saturated rings. The number of nitrogens with zero attached hydrogens (tertiary/aromatic N) is 1. The van der Waals surface area contributed by atoms with Gasteiger partial charge < -0.3 is 14.9 Å². The van der Waals surface area contributed by atoms with Gasteiger partial charge in [-0.2, -0.15) is 0 Å². The minimum absolute atomic E-state index is 0.0411. The van der Waals surface area contributed by atoms with Crippen LogP contribution >= 0.6 is 0 Å². The molecule has 5 heteroatoms. The van der Waals surface area contributed by atoms with Gasteiger partial charge in [0.05, 0.1) is 5.69 Å². The fourth-order valence-corrected chi connectivity index (χ4v) is 1.82. The van der Waals surface area contributed by atoms with Crippen LogP contribution in [0, 0.1) is 6.92 Å².